The number of halogens is 2. The van der Waals surface area contributed by atoms with E-state index >= 15 is 0 Å². The van der Waals surface area contributed by atoms with Crippen LogP contribution >= 0.6 is 0 Å². The molecule has 9 nitrogen and oxygen atoms in total. The Morgan fingerprint density at radius 2 is 1.93 bits per heavy atom. The van der Waals surface area contributed by atoms with Crippen molar-refractivity contribution in [1.29, 1.82) is 0 Å². The summed E-state index contributed by atoms with van der Waals surface area (Å²) in [6.07, 6.45) is 3.27. The molecular formula is C30H34F2N6O3. The fraction of sp³-hybridized carbons (Fsp3) is 0.433. The van der Waals surface area contributed by atoms with E-state index in [1.165, 1.54) is 0 Å². The molecule has 1 aliphatic carbocycles. The summed E-state index contributed by atoms with van der Waals surface area (Å²) >= 11 is 0. The molecule has 0 spiro atoms. The van der Waals surface area contributed by atoms with Crippen LogP contribution in [0.1, 0.15) is 37.3 Å². The zero-order chi connectivity index (χ0) is 28.6. The van der Waals surface area contributed by atoms with Gasteiger partial charge in [-0.1, -0.05) is 18.2 Å². The second-order valence-corrected chi connectivity index (χ2v) is 11.1. The average molecular weight is 565 g/mol. The van der Waals surface area contributed by atoms with Crippen molar-refractivity contribution in [2.24, 2.45) is 11.8 Å². The van der Waals surface area contributed by atoms with Gasteiger partial charge >= 0.3 is 6.03 Å². The first kappa shape index (κ1) is 27.2. The van der Waals surface area contributed by atoms with Crippen LogP contribution in [0.15, 0.2) is 67.0 Å². The molecule has 5 atom stereocenters. The first-order valence-electron chi connectivity index (χ1n) is 14.0. The highest BCUT2D eigenvalue weighted by molar-refractivity contribution is 5.90. The van der Waals surface area contributed by atoms with E-state index in [2.05, 4.69) is 21.0 Å². The molecule has 3 aromatic rings. The van der Waals surface area contributed by atoms with Gasteiger partial charge in [-0.05, 0) is 54.8 Å². The third-order valence-electron chi connectivity index (χ3n) is 8.56. The van der Waals surface area contributed by atoms with Gasteiger partial charge in [-0.25, -0.2) is 18.3 Å². The zero-order valence-electron chi connectivity index (χ0n) is 22.8. The first-order chi connectivity index (χ1) is 19.8. The zero-order valence-corrected chi connectivity index (χ0v) is 22.8. The van der Waals surface area contributed by atoms with Crippen LogP contribution < -0.4 is 16.0 Å². The number of para-hydroxylation sites is 1. The van der Waals surface area contributed by atoms with Crippen LogP contribution in [0.5, 0.6) is 0 Å². The van der Waals surface area contributed by atoms with Crippen molar-refractivity contribution in [3.8, 4) is 5.69 Å². The molecule has 11 heteroatoms. The summed E-state index contributed by atoms with van der Waals surface area (Å²) in [7, 11) is 1.65. The standard InChI is InChI=1S/C30H34F2N6O3/c1-41-18-26-22-12-16-37(27(22)21-5-2-3-6-24(21)35-26)28(39)23-17-30(31,32)13-11-25(23)36-29(40)34-19-7-9-20(10-8-19)38-15-4-14-33-38/h2-10,14-15,22-23,25-27,35H,11-13,16-18H2,1H3,(H2,34,36,40)/t22-,23+,25-,26+,27+/m1/s1. The predicted molar refractivity (Wildman–Crippen MR) is 150 cm³/mol. The van der Waals surface area contributed by atoms with Crippen LogP contribution in [0.4, 0.5) is 25.0 Å². The fourth-order valence-electron chi connectivity index (χ4n) is 6.65. The summed E-state index contributed by atoms with van der Waals surface area (Å²) in [4.78, 5) is 28.8. The fourth-order valence-corrected chi connectivity index (χ4v) is 6.65. The van der Waals surface area contributed by atoms with Crippen LogP contribution in [0, 0.1) is 11.8 Å². The van der Waals surface area contributed by atoms with Gasteiger partial charge in [-0.3, -0.25) is 4.79 Å². The quantitative estimate of drug-likeness (QED) is 0.398. The van der Waals surface area contributed by atoms with Crippen molar-refractivity contribution in [3.05, 3.63) is 72.6 Å². The Morgan fingerprint density at radius 1 is 1.12 bits per heavy atom. The van der Waals surface area contributed by atoms with E-state index in [1.54, 1.807) is 35.0 Å². The average Bonchev–Trinajstić information content (AvgIpc) is 3.66. The monoisotopic (exact) mass is 564 g/mol. The summed E-state index contributed by atoms with van der Waals surface area (Å²) < 4.78 is 36.6. The number of carbonyl (C=O) groups is 2. The van der Waals surface area contributed by atoms with Gasteiger partial charge in [0.05, 0.1) is 30.3 Å². The van der Waals surface area contributed by atoms with Gasteiger partial charge in [-0.15, -0.1) is 0 Å². The molecule has 1 saturated carbocycles. The lowest BCUT2D eigenvalue weighted by Crippen LogP contribution is -2.54. The molecule has 2 aliphatic heterocycles. The number of fused-ring (bicyclic) bond motifs is 3. The largest absolute Gasteiger partial charge is 0.383 e. The molecule has 1 aromatic heterocycles. The summed E-state index contributed by atoms with van der Waals surface area (Å²) in [6.45, 7) is 0.945. The predicted octanol–water partition coefficient (Wildman–Crippen LogP) is 4.83. The number of carbonyl (C=O) groups excluding carboxylic acids is 2. The van der Waals surface area contributed by atoms with Gasteiger partial charge < -0.3 is 25.6 Å². The molecule has 2 aromatic carbocycles. The minimum absolute atomic E-state index is 0.00452. The van der Waals surface area contributed by atoms with Crippen LogP contribution in [0.2, 0.25) is 0 Å². The Bertz CT molecular complexity index is 1380. The SMILES string of the molecule is COC[C@@H]1Nc2ccccc2[C@H]2[C@@H]1CCN2C(=O)[C@H]1CC(F)(F)CC[C@H]1NC(=O)Nc1ccc(-n2cccn2)cc1. The molecule has 3 aliphatic rings. The van der Waals surface area contributed by atoms with E-state index in [0.29, 0.717) is 18.8 Å². The highest BCUT2D eigenvalue weighted by Gasteiger charge is 2.51. The molecule has 41 heavy (non-hydrogen) atoms. The molecule has 0 bridgehead atoms. The number of alkyl halides is 2. The number of benzene rings is 2. The van der Waals surface area contributed by atoms with Crippen molar-refractivity contribution in [3.63, 3.8) is 0 Å². The third kappa shape index (κ3) is 5.50. The molecule has 0 radical (unpaired) electrons. The number of nitrogens with zero attached hydrogens (tertiary/aromatic N) is 3. The summed E-state index contributed by atoms with van der Waals surface area (Å²) in [5, 5.41) is 13.3. The smallest absolute Gasteiger partial charge is 0.319 e. The number of anilines is 2. The maximum atomic E-state index is 14.7. The van der Waals surface area contributed by atoms with Crippen molar-refractivity contribution < 1.29 is 23.1 Å². The number of ether oxygens (including phenoxy) is 1. The van der Waals surface area contributed by atoms with Crippen LogP contribution in [-0.2, 0) is 9.53 Å². The maximum Gasteiger partial charge on any atom is 0.319 e. The molecule has 3 heterocycles. The number of hydrogen-bond donors (Lipinski definition) is 3. The summed E-state index contributed by atoms with van der Waals surface area (Å²) in [5.74, 6) is -4.24. The number of amides is 3. The number of aromatic nitrogens is 2. The number of rotatable bonds is 6. The molecule has 3 amide bonds. The van der Waals surface area contributed by atoms with E-state index < -0.39 is 30.3 Å². The van der Waals surface area contributed by atoms with Gasteiger partial charge in [-0.2, -0.15) is 5.10 Å². The molecule has 6 rings (SSSR count). The molecule has 3 N–H and O–H groups in total. The normalized spacial score (nSPS) is 26.4. The van der Waals surface area contributed by atoms with E-state index in [9.17, 15) is 18.4 Å². The summed E-state index contributed by atoms with van der Waals surface area (Å²) in [5.41, 5.74) is 3.29. The Kier molecular flexibility index (Phi) is 7.37. The van der Waals surface area contributed by atoms with Crippen LogP contribution in [0.25, 0.3) is 5.69 Å². The number of methoxy groups -OCH3 is 1. The van der Waals surface area contributed by atoms with Gasteiger partial charge in [0.15, 0.2) is 0 Å². The number of likely N-dealkylation sites (tertiary alicyclic amines) is 1. The molecule has 1 saturated heterocycles. The third-order valence-corrected chi connectivity index (χ3v) is 8.56. The lowest BCUT2D eigenvalue weighted by Gasteiger charge is -2.42. The van der Waals surface area contributed by atoms with Gasteiger partial charge in [0, 0.05) is 62.2 Å². The number of hydrogen-bond acceptors (Lipinski definition) is 5. The minimum Gasteiger partial charge on any atom is -0.383 e. The van der Waals surface area contributed by atoms with E-state index in [1.807, 2.05) is 48.7 Å². The lowest BCUT2D eigenvalue weighted by atomic mass is 9.80. The van der Waals surface area contributed by atoms with Crippen molar-refractivity contribution in [1.82, 2.24) is 20.0 Å². The Morgan fingerprint density at radius 3 is 2.68 bits per heavy atom. The minimum atomic E-state index is -2.97. The molecular weight excluding hydrogens is 530 g/mol. The lowest BCUT2D eigenvalue weighted by molar-refractivity contribution is -0.146. The van der Waals surface area contributed by atoms with Crippen molar-refractivity contribution in [2.45, 2.75) is 49.7 Å². The van der Waals surface area contributed by atoms with Crippen molar-refractivity contribution >= 4 is 23.3 Å². The summed E-state index contributed by atoms with van der Waals surface area (Å²) in [6, 6.07) is 15.3. The van der Waals surface area contributed by atoms with Gasteiger partial charge in [0.1, 0.15) is 0 Å². The maximum absolute atomic E-state index is 14.7. The second kappa shape index (κ2) is 11.1. The topological polar surface area (TPSA) is 101 Å². The van der Waals surface area contributed by atoms with E-state index in [0.717, 1.165) is 23.4 Å². The van der Waals surface area contributed by atoms with Crippen LogP contribution in [-0.4, -0.2) is 64.9 Å². The Balaban J connectivity index is 1.19. The molecule has 216 valence electrons. The van der Waals surface area contributed by atoms with Crippen molar-refractivity contribution in [2.75, 3.05) is 30.9 Å². The highest BCUT2D eigenvalue weighted by Crippen LogP contribution is 2.48. The van der Waals surface area contributed by atoms with Crippen LogP contribution in [0.3, 0.4) is 0 Å². The number of nitrogens with one attached hydrogen (secondary N) is 3. The molecule has 2 fully saturated rings. The second-order valence-electron chi connectivity index (χ2n) is 11.1. The Hall–Kier alpha value is -3.99. The number of urea groups is 1. The highest BCUT2D eigenvalue weighted by atomic mass is 19.3. The van der Waals surface area contributed by atoms with Gasteiger partial charge in [0.25, 0.3) is 0 Å². The van der Waals surface area contributed by atoms with E-state index in [-0.39, 0.29) is 36.8 Å². The Labute approximate surface area is 237 Å². The first-order valence-corrected chi connectivity index (χ1v) is 14.0. The van der Waals surface area contributed by atoms with E-state index in [4.69, 9.17) is 4.74 Å². The van der Waals surface area contributed by atoms with Gasteiger partial charge in [0.2, 0.25) is 11.8 Å². The molecule has 0 unspecified atom stereocenters.